The van der Waals surface area contributed by atoms with Gasteiger partial charge in [0.25, 0.3) is 0 Å². The molecule has 0 spiro atoms. The molecular formula is C10H10N2OS. The van der Waals surface area contributed by atoms with E-state index in [0.29, 0.717) is 5.69 Å². The Bertz CT molecular complexity index is 490. The van der Waals surface area contributed by atoms with Gasteiger partial charge >= 0.3 is 0 Å². The highest BCUT2D eigenvalue weighted by Gasteiger charge is 2.14. The molecule has 0 aliphatic carbocycles. The molecule has 0 radical (unpaired) electrons. The lowest BCUT2D eigenvalue weighted by molar-refractivity contribution is 0.108. The standard InChI is InChI=1S/C10H10N2OS/c1-7-9(10(13)14-2)12-6-4-3-5-8(12)11-7/h3-6H,1-2H3. The molecule has 0 unspecified atom stereocenters. The molecule has 2 aromatic heterocycles. The minimum Gasteiger partial charge on any atom is -0.296 e. The van der Waals surface area contributed by atoms with Crippen molar-refractivity contribution in [3.63, 3.8) is 0 Å². The Morgan fingerprint density at radius 2 is 2.29 bits per heavy atom. The molecule has 0 fully saturated rings. The van der Waals surface area contributed by atoms with Crippen molar-refractivity contribution < 1.29 is 4.79 Å². The van der Waals surface area contributed by atoms with E-state index in [1.165, 1.54) is 11.8 Å². The number of nitrogens with zero attached hydrogens (tertiary/aromatic N) is 2. The molecule has 0 aromatic carbocycles. The Kier molecular flexibility index (Phi) is 2.29. The summed E-state index contributed by atoms with van der Waals surface area (Å²) in [4.78, 5) is 15.9. The first-order chi connectivity index (χ1) is 6.74. The third-order valence-corrected chi connectivity index (χ3v) is 2.65. The van der Waals surface area contributed by atoms with Crippen molar-refractivity contribution in [3.05, 3.63) is 35.8 Å². The number of fused-ring (bicyclic) bond motifs is 1. The van der Waals surface area contributed by atoms with Gasteiger partial charge in [-0.25, -0.2) is 4.98 Å². The van der Waals surface area contributed by atoms with Crippen LogP contribution in [0.5, 0.6) is 0 Å². The molecule has 0 aliphatic rings. The van der Waals surface area contributed by atoms with Crippen LogP contribution >= 0.6 is 11.8 Å². The van der Waals surface area contributed by atoms with Crippen LogP contribution in [0.3, 0.4) is 0 Å². The van der Waals surface area contributed by atoms with Crippen LogP contribution < -0.4 is 0 Å². The highest BCUT2D eigenvalue weighted by molar-refractivity contribution is 8.13. The molecule has 0 saturated carbocycles. The lowest BCUT2D eigenvalue weighted by Gasteiger charge is -1.98. The van der Waals surface area contributed by atoms with E-state index in [-0.39, 0.29) is 5.12 Å². The molecular weight excluding hydrogens is 196 g/mol. The number of rotatable bonds is 1. The number of aryl methyl sites for hydroxylation is 1. The number of aromatic nitrogens is 2. The summed E-state index contributed by atoms with van der Waals surface area (Å²) in [5.74, 6) is 0. The predicted molar refractivity (Wildman–Crippen MR) is 57.8 cm³/mol. The van der Waals surface area contributed by atoms with Crippen LogP contribution in [-0.2, 0) is 0 Å². The number of hydrogen-bond donors (Lipinski definition) is 0. The fourth-order valence-corrected chi connectivity index (χ4v) is 1.90. The SMILES string of the molecule is CSC(=O)c1c(C)nc2ccccn12. The Morgan fingerprint density at radius 3 is 3.00 bits per heavy atom. The zero-order valence-corrected chi connectivity index (χ0v) is 8.84. The van der Waals surface area contributed by atoms with Gasteiger partial charge in [0.05, 0.1) is 5.69 Å². The third-order valence-electron chi connectivity index (χ3n) is 2.08. The topological polar surface area (TPSA) is 34.4 Å². The summed E-state index contributed by atoms with van der Waals surface area (Å²) in [5.41, 5.74) is 2.28. The summed E-state index contributed by atoms with van der Waals surface area (Å²) in [6.07, 6.45) is 3.64. The molecule has 0 bridgehead atoms. The van der Waals surface area contributed by atoms with Crippen LogP contribution in [0.2, 0.25) is 0 Å². The molecule has 0 atom stereocenters. The molecule has 2 heterocycles. The van der Waals surface area contributed by atoms with Crippen molar-refractivity contribution in [2.45, 2.75) is 6.92 Å². The predicted octanol–water partition coefficient (Wildman–Crippen LogP) is 2.15. The minimum atomic E-state index is 0.0567. The summed E-state index contributed by atoms with van der Waals surface area (Å²) in [7, 11) is 0. The Hall–Kier alpha value is -1.29. The van der Waals surface area contributed by atoms with Gasteiger partial charge in [0.15, 0.2) is 0 Å². The van der Waals surface area contributed by atoms with Crippen LogP contribution in [0.25, 0.3) is 5.65 Å². The molecule has 4 heteroatoms. The number of thioether (sulfide) groups is 1. The van der Waals surface area contributed by atoms with Gasteiger partial charge in [-0.3, -0.25) is 9.20 Å². The first-order valence-electron chi connectivity index (χ1n) is 4.26. The van der Waals surface area contributed by atoms with E-state index in [1.807, 2.05) is 35.7 Å². The van der Waals surface area contributed by atoms with E-state index in [2.05, 4.69) is 4.98 Å². The van der Waals surface area contributed by atoms with Crippen molar-refractivity contribution in [2.24, 2.45) is 0 Å². The number of carbonyl (C=O) groups is 1. The molecule has 72 valence electrons. The summed E-state index contributed by atoms with van der Waals surface area (Å²) in [6.45, 7) is 1.86. The van der Waals surface area contributed by atoms with E-state index < -0.39 is 0 Å². The van der Waals surface area contributed by atoms with Crippen LogP contribution in [0.15, 0.2) is 24.4 Å². The lowest BCUT2D eigenvalue weighted by atomic mass is 10.4. The van der Waals surface area contributed by atoms with Gasteiger partial charge in [0.1, 0.15) is 11.3 Å². The molecule has 2 rings (SSSR count). The molecule has 0 amide bonds. The maximum absolute atomic E-state index is 11.6. The molecule has 0 aliphatic heterocycles. The first-order valence-corrected chi connectivity index (χ1v) is 5.48. The van der Waals surface area contributed by atoms with Crippen LogP contribution in [0.1, 0.15) is 16.2 Å². The van der Waals surface area contributed by atoms with Gasteiger partial charge in [0, 0.05) is 6.20 Å². The Morgan fingerprint density at radius 1 is 1.50 bits per heavy atom. The lowest BCUT2D eigenvalue weighted by Crippen LogP contribution is -1.99. The number of pyridine rings is 1. The summed E-state index contributed by atoms with van der Waals surface area (Å²) in [5, 5.41) is 0.0567. The highest BCUT2D eigenvalue weighted by atomic mass is 32.2. The van der Waals surface area contributed by atoms with Crippen molar-refractivity contribution >= 4 is 22.5 Å². The van der Waals surface area contributed by atoms with Gasteiger partial charge in [-0.1, -0.05) is 17.8 Å². The second-order valence-corrected chi connectivity index (χ2v) is 3.75. The molecule has 3 nitrogen and oxygen atoms in total. The monoisotopic (exact) mass is 206 g/mol. The zero-order chi connectivity index (χ0) is 10.1. The normalized spacial score (nSPS) is 10.7. The largest absolute Gasteiger partial charge is 0.296 e. The van der Waals surface area contributed by atoms with Gasteiger partial charge in [-0.05, 0) is 25.3 Å². The molecule has 14 heavy (non-hydrogen) atoms. The highest BCUT2D eigenvalue weighted by Crippen LogP contribution is 2.16. The Labute approximate surface area is 86.1 Å². The van der Waals surface area contributed by atoms with Crippen molar-refractivity contribution in [1.82, 2.24) is 9.38 Å². The summed E-state index contributed by atoms with van der Waals surface area (Å²) >= 11 is 1.21. The van der Waals surface area contributed by atoms with Crippen molar-refractivity contribution in [3.8, 4) is 0 Å². The van der Waals surface area contributed by atoms with Crippen LogP contribution in [0.4, 0.5) is 0 Å². The molecule has 0 N–H and O–H groups in total. The van der Waals surface area contributed by atoms with E-state index in [0.717, 1.165) is 11.3 Å². The van der Waals surface area contributed by atoms with Crippen LogP contribution in [0, 0.1) is 6.92 Å². The summed E-state index contributed by atoms with van der Waals surface area (Å²) in [6, 6.07) is 5.70. The maximum atomic E-state index is 11.6. The van der Waals surface area contributed by atoms with E-state index in [1.54, 1.807) is 6.26 Å². The third kappa shape index (κ3) is 1.32. The average Bonchev–Trinajstić information content (AvgIpc) is 2.53. The van der Waals surface area contributed by atoms with E-state index in [9.17, 15) is 4.79 Å². The van der Waals surface area contributed by atoms with Gasteiger partial charge < -0.3 is 0 Å². The maximum Gasteiger partial charge on any atom is 0.237 e. The second-order valence-electron chi connectivity index (χ2n) is 2.97. The smallest absolute Gasteiger partial charge is 0.237 e. The number of hydrogen-bond acceptors (Lipinski definition) is 3. The number of carbonyl (C=O) groups excluding carboxylic acids is 1. The summed E-state index contributed by atoms with van der Waals surface area (Å²) < 4.78 is 1.83. The average molecular weight is 206 g/mol. The van der Waals surface area contributed by atoms with E-state index >= 15 is 0 Å². The Balaban J connectivity index is 2.74. The minimum absolute atomic E-state index is 0.0567. The van der Waals surface area contributed by atoms with Gasteiger partial charge in [-0.2, -0.15) is 0 Å². The fourth-order valence-electron chi connectivity index (χ4n) is 1.46. The first kappa shape index (κ1) is 9.27. The van der Waals surface area contributed by atoms with Crippen molar-refractivity contribution in [1.29, 1.82) is 0 Å². The van der Waals surface area contributed by atoms with Crippen LogP contribution in [-0.4, -0.2) is 20.8 Å². The van der Waals surface area contributed by atoms with Gasteiger partial charge in [-0.15, -0.1) is 0 Å². The quantitative estimate of drug-likeness (QED) is 0.717. The molecule has 0 saturated heterocycles. The zero-order valence-electron chi connectivity index (χ0n) is 8.02. The van der Waals surface area contributed by atoms with Gasteiger partial charge in [0.2, 0.25) is 5.12 Å². The number of imidazole rings is 1. The second kappa shape index (κ2) is 3.46. The van der Waals surface area contributed by atoms with E-state index in [4.69, 9.17) is 0 Å². The van der Waals surface area contributed by atoms with Crippen molar-refractivity contribution in [2.75, 3.05) is 6.26 Å². The molecule has 2 aromatic rings. The fraction of sp³-hybridized carbons (Fsp3) is 0.200.